The Morgan fingerprint density at radius 3 is 2.63 bits per heavy atom. The molecular formula is C29H33BrN6O5. The molecule has 0 aliphatic carbocycles. The monoisotopic (exact) mass is 624 g/mol. The highest BCUT2D eigenvalue weighted by molar-refractivity contribution is 9.09. The first kappa shape index (κ1) is 27.8. The number of aliphatic hydroxyl groups excluding tert-OH is 1. The SMILES string of the molecule is O=C(NCn1nnc2ccccc21)C1N(CCCCCO)C(=O)[C@@H]2[C@H](C(=O)NCc3ccccc3)[C@H]3OC12CC3Br. The minimum Gasteiger partial charge on any atom is -0.396 e. The third-order valence-corrected chi connectivity index (χ3v) is 9.38. The summed E-state index contributed by atoms with van der Waals surface area (Å²) in [6, 6.07) is 16.2. The van der Waals surface area contributed by atoms with Gasteiger partial charge in [-0.05, 0) is 43.4 Å². The molecule has 3 aliphatic rings. The van der Waals surface area contributed by atoms with Gasteiger partial charge in [0.2, 0.25) is 17.7 Å². The van der Waals surface area contributed by atoms with Crippen LogP contribution in [0.5, 0.6) is 0 Å². The fraction of sp³-hybridized carbons (Fsp3) is 0.483. The van der Waals surface area contributed by atoms with Gasteiger partial charge in [-0.1, -0.05) is 63.6 Å². The lowest BCUT2D eigenvalue weighted by Crippen LogP contribution is -2.56. The lowest BCUT2D eigenvalue weighted by atomic mass is 9.70. The molecule has 0 radical (unpaired) electrons. The van der Waals surface area contributed by atoms with Gasteiger partial charge in [0.25, 0.3) is 0 Å². The molecular weight excluding hydrogens is 592 g/mol. The Kier molecular flexibility index (Phi) is 7.80. The fourth-order valence-corrected chi connectivity index (χ4v) is 7.67. The van der Waals surface area contributed by atoms with Gasteiger partial charge in [0.1, 0.15) is 23.8 Å². The van der Waals surface area contributed by atoms with E-state index in [0.29, 0.717) is 44.3 Å². The number of fused-ring (bicyclic) bond motifs is 2. The maximum Gasteiger partial charge on any atom is 0.247 e. The molecule has 11 nitrogen and oxygen atoms in total. The molecule has 3 amide bonds. The average Bonchev–Trinajstić information content (AvgIpc) is 3.70. The number of hydrogen-bond donors (Lipinski definition) is 3. The first-order valence-corrected chi connectivity index (χ1v) is 15.0. The van der Waals surface area contributed by atoms with E-state index in [-0.39, 0.29) is 35.8 Å². The van der Waals surface area contributed by atoms with Crippen molar-refractivity contribution in [1.82, 2.24) is 30.5 Å². The van der Waals surface area contributed by atoms with Crippen LogP contribution in [0.4, 0.5) is 0 Å². The number of rotatable bonds is 11. The van der Waals surface area contributed by atoms with Crippen molar-refractivity contribution in [3.05, 3.63) is 60.2 Å². The summed E-state index contributed by atoms with van der Waals surface area (Å²) in [6.45, 7) is 0.812. The van der Waals surface area contributed by atoms with Crippen molar-refractivity contribution in [2.75, 3.05) is 13.2 Å². The zero-order chi connectivity index (χ0) is 28.6. The highest BCUT2D eigenvalue weighted by atomic mass is 79.9. The quantitative estimate of drug-likeness (QED) is 0.218. The number of halogens is 1. The summed E-state index contributed by atoms with van der Waals surface area (Å²) < 4.78 is 8.15. The van der Waals surface area contributed by atoms with E-state index >= 15 is 0 Å². The molecule has 0 saturated carbocycles. The molecule has 6 atom stereocenters. The van der Waals surface area contributed by atoms with E-state index in [0.717, 1.165) is 11.1 Å². The second kappa shape index (κ2) is 11.5. The minimum absolute atomic E-state index is 0.0655. The number of aromatic nitrogens is 3. The molecule has 1 aromatic heterocycles. The maximum atomic E-state index is 14.0. The average molecular weight is 626 g/mol. The van der Waals surface area contributed by atoms with Crippen molar-refractivity contribution in [1.29, 1.82) is 0 Å². The summed E-state index contributed by atoms with van der Waals surface area (Å²) in [4.78, 5) is 43.0. The third-order valence-electron chi connectivity index (χ3n) is 8.53. The van der Waals surface area contributed by atoms with Crippen molar-refractivity contribution in [3.8, 4) is 0 Å². The summed E-state index contributed by atoms with van der Waals surface area (Å²) in [6.07, 6.45) is 1.86. The van der Waals surface area contributed by atoms with Crippen molar-refractivity contribution in [2.24, 2.45) is 11.8 Å². The molecule has 3 unspecified atom stereocenters. The highest BCUT2D eigenvalue weighted by Gasteiger charge is 2.76. The molecule has 216 valence electrons. The molecule has 3 saturated heterocycles. The number of carbonyl (C=O) groups excluding carboxylic acids is 3. The molecule has 3 aliphatic heterocycles. The number of aliphatic hydroxyl groups is 1. The van der Waals surface area contributed by atoms with Crippen LogP contribution >= 0.6 is 15.9 Å². The summed E-state index contributed by atoms with van der Waals surface area (Å²) in [7, 11) is 0. The minimum atomic E-state index is -1.13. The number of benzene rings is 2. The van der Waals surface area contributed by atoms with E-state index in [2.05, 4.69) is 36.9 Å². The zero-order valence-electron chi connectivity index (χ0n) is 22.5. The summed E-state index contributed by atoms with van der Waals surface area (Å²) in [5, 5.41) is 23.5. The van der Waals surface area contributed by atoms with Crippen LogP contribution < -0.4 is 10.6 Å². The van der Waals surface area contributed by atoms with E-state index in [1.54, 1.807) is 9.58 Å². The maximum absolute atomic E-state index is 14.0. The number of alkyl halides is 1. The summed E-state index contributed by atoms with van der Waals surface area (Å²) in [5.74, 6) is -2.33. The smallest absolute Gasteiger partial charge is 0.247 e. The molecule has 41 heavy (non-hydrogen) atoms. The first-order valence-electron chi connectivity index (χ1n) is 14.1. The lowest BCUT2D eigenvalue weighted by Gasteiger charge is -2.34. The fourth-order valence-electron chi connectivity index (χ4n) is 6.73. The van der Waals surface area contributed by atoms with Crippen LogP contribution in [-0.4, -0.2) is 78.4 Å². The normalized spacial score (nSPS) is 28.3. The van der Waals surface area contributed by atoms with Crippen LogP contribution in [0.1, 0.15) is 31.2 Å². The van der Waals surface area contributed by atoms with Crippen molar-refractivity contribution in [3.63, 3.8) is 0 Å². The number of para-hydroxylation sites is 1. The molecule has 6 rings (SSSR count). The van der Waals surface area contributed by atoms with Gasteiger partial charge in [-0.3, -0.25) is 14.4 Å². The molecule has 3 fully saturated rings. The van der Waals surface area contributed by atoms with Gasteiger partial charge in [-0.25, -0.2) is 4.68 Å². The Morgan fingerprint density at radius 2 is 1.83 bits per heavy atom. The Bertz CT molecular complexity index is 1440. The van der Waals surface area contributed by atoms with Crippen LogP contribution in [0, 0.1) is 11.8 Å². The Labute approximate surface area is 245 Å². The van der Waals surface area contributed by atoms with Crippen LogP contribution in [0.25, 0.3) is 11.0 Å². The van der Waals surface area contributed by atoms with E-state index in [4.69, 9.17) is 4.74 Å². The standard InChI is InChI=1S/C29H33BrN6O5/c30-19-15-29-23(22(24(19)41-29)26(38)31-16-18-9-3-1-4-10-18)28(40)35(13-7-2-8-14-37)25(29)27(39)32-17-36-21-12-6-5-11-20(21)33-34-36/h1,3-6,9-12,19,22-25,37H,2,7-8,13-17H2,(H,31,38)(H,32,39)/t19?,22-,23-,24-,25?,29?/m0/s1. The number of nitrogens with zero attached hydrogens (tertiary/aromatic N) is 4. The van der Waals surface area contributed by atoms with Crippen molar-refractivity contribution >= 4 is 44.7 Å². The van der Waals surface area contributed by atoms with E-state index in [1.807, 2.05) is 54.6 Å². The van der Waals surface area contributed by atoms with Gasteiger partial charge in [-0.2, -0.15) is 0 Å². The molecule has 2 aromatic carbocycles. The lowest BCUT2D eigenvalue weighted by molar-refractivity contribution is -0.142. The number of carbonyl (C=O) groups is 3. The Morgan fingerprint density at radius 1 is 1.05 bits per heavy atom. The van der Waals surface area contributed by atoms with Gasteiger partial charge < -0.3 is 25.4 Å². The number of ether oxygens (including phenoxy) is 1. The zero-order valence-corrected chi connectivity index (χ0v) is 24.1. The second-order valence-corrected chi connectivity index (χ2v) is 12.1. The predicted octanol–water partition coefficient (Wildman–Crippen LogP) is 1.73. The van der Waals surface area contributed by atoms with Gasteiger partial charge in [0, 0.05) is 24.5 Å². The molecule has 2 bridgehead atoms. The van der Waals surface area contributed by atoms with Gasteiger partial charge >= 0.3 is 0 Å². The van der Waals surface area contributed by atoms with Crippen LogP contribution in [0.2, 0.25) is 0 Å². The predicted molar refractivity (Wildman–Crippen MR) is 152 cm³/mol. The molecule has 1 spiro atoms. The number of amides is 3. The van der Waals surface area contributed by atoms with Gasteiger partial charge in [-0.15, -0.1) is 5.10 Å². The summed E-state index contributed by atoms with van der Waals surface area (Å²) >= 11 is 3.70. The second-order valence-electron chi connectivity index (χ2n) is 11.0. The largest absolute Gasteiger partial charge is 0.396 e. The van der Waals surface area contributed by atoms with E-state index in [1.165, 1.54) is 0 Å². The molecule has 12 heteroatoms. The number of hydrogen-bond acceptors (Lipinski definition) is 7. The summed E-state index contributed by atoms with van der Waals surface area (Å²) in [5.41, 5.74) is 1.32. The van der Waals surface area contributed by atoms with E-state index in [9.17, 15) is 19.5 Å². The molecule has 3 N–H and O–H groups in total. The molecule has 4 heterocycles. The number of likely N-dealkylation sites (tertiary alicyclic amines) is 1. The Balaban J connectivity index is 1.25. The van der Waals surface area contributed by atoms with Gasteiger partial charge in [0.15, 0.2) is 0 Å². The van der Waals surface area contributed by atoms with E-state index < -0.39 is 29.6 Å². The highest BCUT2D eigenvalue weighted by Crippen LogP contribution is 2.60. The number of unbranched alkanes of at least 4 members (excludes halogenated alkanes) is 2. The number of nitrogens with one attached hydrogen (secondary N) is 2. The third kappa shape index (κ3) is 4.91. The topological polar surface area (TPSA) is 139 Å². The van der Waals surface area contributed by atoms with Crippen LogP contribution in [0.15, 0.2) is 54.6 Å². The van der Waals surface area contributed by atoms with Crippen molar-refractivity contribution < 1.29 is 24.2 Å². The Hall–Kier alpha value is -3.35. The first-order chi connectivity index (χ1) is 19.9. The van der Waals surface area contributed by atoms with Crippen molar-refractivity contribution in [2.45, 2.75) is 61.5 Å². The van der Waals surface area contributed by atoms with Crippen LogP contribution in [0.3, 0.4) is 0 Å². The molecule has 3 aromatic rings. The van der Waals surface area contributed by atoms with Crippen LogP contribution in [-0.2, 0) is 32.3 Å². The van der Waals surface area contributed by atoms with Gasteiger partial charge in [0.05, 0.1) is 23.5 Å².